The summed E-state index contributed by atoms with van der Waals surface area (Å²) in [7, 11) is 1.26. The lowest BCUT2D eigenvalue weighted by Gasteiger charge is -1.96. The van der Waals surface area contributed by atoms with Gasteiger partial charge in [-0.2, -0.15) is 0 Å². The third-order valence-electron chi connectivity index (χ3n) is 1.40. The highest BCUT2D eigenvalue weighted by molar-refractivity contribution is 7.09. The molecule has 0 bridgehead atoms. The number of nitrogens with zero attached hydrogens (tertiary/aromatic N) is 1. The molecule has 0 saturated carbocycles. The highest BCUT2D eigenvalue weighted by atomic mass is 32.1. The Bertz CT molecular complexity index is 294. The fourth-order valence-corrected chi connectivity index (χ4v) is 1.45. The molecule has 0 radical (unpaired) electrons. The van der Waals surface area contributed by atoms with Crippen LogP contribution in [-0.2, 0) is 20.7 Å². The van der Waals surface area contributed by atoms with Gasteiger partial charge in [-0.15, -0.1) is 11.3 Å². The Labute approximate surface area is 79.6 Å². The van der Waals surface area contributed by atoms with Crippen LogP contribution in [0.1, 0.15) is 11.4 Å². The summed E-state index contributed by atoms with van der Waals surface area (Å²) in [5.74, 6) is -0.664. The average Bonchev–Trinajstić information content (AvgIpc) is 2.56. The molecule has 0 saturated heterocycles. The minimum atomic E-state index is -0.499. The van der Waals surface area contributed by atoms with E-state index in [9.17, 15) is 9.59 Å². The van der Waals surface area contributed by atoms with Gasteiger partial charge in [0.15, 0.2) is 5.78 Å². The number of rotatable bonds is 4. The Hall–Kier alpha value is -1.23. The van der Waals surface area contributed by atoms with E-state index in [2.05, 4.69) is 9.72 Å². The molecule has 0 aliphatic carbocycles. The van der Waals surface area contributed by atoms with E-state index in [4.69, 9.17) is 0 Å². The van der Waals surface area contributed by atoms with Crippen LogP contribution in [0.25, 0.3) is 0 Å². The minimum absolute atomic E-state index is 0.165. The van der Waals surface area contributed by atoms with Crippen molar-refractivity contribution in [3.05, 3.63) is 16.6 Å². The lowest BCUT2D eigenvalue weighted by Crippen LogP contribution is -2.11. The van der Waals surface area contributed by atoms with E-state index in [-0.39, 0.29) is 18.6 Å². The van der Waals surface area contributed by atoms with Crippen LogP contribution in [0.4, 0.5) is 0 Å². The first-order valence-corrected chi connectivity index (χ1v) is 4.57. The third-order valence-corrected chi connectivity index (χ3v) is 2.18. The molecule has 0 spiro atoms. The largest absolute Gasteiger partial charge is 0.469 e. The number of ether oxygens (including phenoxy) is 1. The summed E-state index contributed by atoms with van der Waals surface area (Å²) < 4.78 is 4.36. The fraction of sp³-hybridized carbons (Fsp3) is 0.375. The maximum atomic E-state index is 11.1. The van der Waals surface area contributed by atoms with Gasteiger partial charge in [0.2, 0.25) is 0 Å². The monoisotopic (exact) mass is 199 g/mol. The van der Waals surface area contributed by atoms with Gasteiger partial charge >= 0.3 is 5.97 Å². The first-order valence-electron chi connectivity index (χ1n) is 3.69. The summed E-state index contributed by atoms with van der Waals surface area (Å²) in [6, 6.07) is 0. The van der Waals surface area contributed by atoms with Gasteiger partial charge in [0.05, 0.1) is 18.5 Å². The minimum Gasteiger partial charge on any atom is -0.469 e. The Morgan fingerprint density at radius 3 is 2.92 bits per heavy atom. The molecule has 0 aromatic carbocycles. The zero-order valence-corrected chi connectivity index (χ0v) is 7.97. The van der Waals surface area contributed by atoms with E-state index in [0.717, 1.165) is 5.01 Å². The number of esters is 1. The molecule has 4 nitrogen and oxygen atoms in total. The van der Waals surface area contributed by atoms with Crippen LogP contribution in [0.5, 0.6) is 0 Å². The predicted molar refractivity (Wildman–Crippen MR) is 47.5 cm³/mol. The summed E-state index contributed by atoms with van der Waals surface area (Å²) in [5.41, 5.74) is 0. The lowest BCUT2D eigenvalue weighted by molar-refractivity contribution is -0.143. The van der Waals surface area contributed by atoms with E-state index < -0.39 is 5.97 Å². The van der Waals surface area contributed by atoms with E-state index in [1.165, 1.54) is 18.4 Å². The first kappa shape index (κ1) is 9.85. The summed E-state index contributed by atoms with van der Waals surface area (Å²) in [6.07, 6.45) is 1.67. The molecule has 70 valence electrons. The Morgan fingerprint density at radius 2 is 2.38 bits per heavy atom. The summed E-state index contributed by atoms with van der Waals surface area (Å²) in [5, 5.41) is 2.52. The smallest absolute Gasteiger partial charge is 0.313 e. The van der Waals surface area contributed by atoms with E-state index >= 15 is 0 Å². The molecule has 13 heavy (non-hydrogen) atoms. The van der Waals surface area contributed by atoms with Crippen molar-refractivity contribution in [1.29, 1.82) is 0 Å². The van der Waals surface area contributed by atoms with Gasteiger partial charge in [-0.3, -0.25) is 9.59 Å². The van der Waals surface area contributed by atoms with Gasteiger partial charge < -0.3 is 4.74 Å². The van der Waals surface area contributed by atoms with Crippen LogP contribution in [0, 0.1) is 0 Å². The molecular formula is C8H9NO3S. The van der Waals surface area contributed by atoms with Crippen LogP contribution >= 0.6 is 11.3 Å². The van der Waals surface area contributed by atoms with E-state index in [1.807, 2.05) is 0 Å². The van der Waals surface area contributed by atoms with Gasteiger partial charge in [0.25, 0.3) is 0 Å². The SMILES string of the molecule is COC(=O)CC(=O)Cc1nccs1. The molecule has 1 heterocycles. The van der Waals surface area contributed by atoms with Gasteiger partial charge in [0.1, 0.15) is 6.42 Å². The zero-order chi connectivity index (χ0) is 9.68. The lowest BCUT2D eigenvalue weighted by atomic mass is 10.2. The predicted octanol–water partition coefficient (Wildman–Crippen LogP) is 0.818. The van der Waals surface area contributed by atoms with Crippen LogP contribution < -0.4 is 0 Å². The normalized spacial score (nSPS) is 9.62. The van der Waals surface area contributed by atoms with Crippen LogP contribution in [-0.4, -0.2) is 23.8 Å². The van der Waals surface area contributed by atoms with Crippen molar-refractivity contribution in [3.8, 4) is 0 Å². The van der Waals surface area contributed by atoms with Crippen LogP contribution in [0.2, 0.25) is 0 Å². The molecule has 0 fully saturated rings. The maximum Gasteiger partial charge on any atom is 0.313 e. The van der Waals surface area contributed by atoms with Crippen LogP contribution in [0.15, 0.2) is 11.6 Å². The Kier molecular flexibility index (Phi) is 3.57. The van der Waals surface area contributed by atoms with Crippen molar-refractivity contribution < 1.29 is 14.3 Å². The maximum absolute atomic E-state index is 11.1. The molecule has 1 rings (SSSR count). The molecule has 1 aromatic heterocycles. The van der Waals surface area contributed by atoms with Gasteiger partial charge in [0, 0.05) is 11.6 Å². The first-order chi connectivity index (χ1) is 6.22. The Morgan fingerprint density at radius 1 is 1.62 bits per heavy atom. The molecule has 0 aliphatic heterocycles. The van der Waals surface area contributed by atoms with Crippen molar-refractivity contribution >= 4 is 23.1 Å². The topological polar surface area (TPSA) is 56.3 Å². The highest BCUT2D eigenvalue weighted by Gasteiger charge is 2.11. The summed E-state index contributed by atoms with van der Waals surface area (Å²) in [4.78, 5) is 25.8. The number of carbonyl (C=O) groups excluding carboxylic acids is 2. The molecule has 0 unspecified atom stereocenters. The van der Waals surface area contributed by atoms with Crippen molar-refractivity contribution in [1.82, 2.24) is 4.98 Å². The second kappa shape index (κ2) is 4.71. The van der Waals surface area contributed by atoms with Crippen molar-refractivity contribution in [3.63, 3.8) is 0 Å². The molecule has 5 heteroatoms. The quantitative estimate of drug-likeness (QED) is 0.532. The highest BCUT2D eigenvalue weighted by Crippen LogP contribution is 2.06. The molecule has 1 aromatic rings. The number of Topliss-reactive ketones (excluding diaryl/α,β-unsaturated/α-hetero) is 1. The number of aromatic nitrogens is 1. The van der Waals surface area contributed by atoms with E-state index in [1.54, 1.807) is 11.6 Å². The molecular weight excluding hydrogens is 190 g/mol. The second-order valence-corrected chi connectivity index (χ2v) is 3.37. The number of methoxy groups -OCH3 is 1. The average molecular weight is 199 g/mol. The van der Waals surface area contributed by atoms with Gasteiger partial charge in [-0.25, -0.2) is 4.98 Å². The fourth-order valence-electron chi connectivity index (χ4n) is 0.805. The van der Waals surface area contributed by atoms with E-state index in [0.29, 0.717) is 0 Å². The Balaban J connectivity index is 2.38. The molecule has 0 atom stereocenters. The molecule has 0 aliphatic rings. The van der Waals surface area contributed by atoms with Crippen molar-refractivity contribution in [2.24, 2.45) is 0 Å². The number of carbonyl (C=O) groups is 2. The second-order valence-electron chi connectivity index (χ2n) is 2.39. The summed E-state index contributed by atoms with van der Waals surface area (Å²) in [6.45, 7) is 0. The van der Waals surface area contributed by atoms with Crippen molar-refractivity contribution in [2.45, 2.75) is 12.8 Å². The van der Waals surface area contributed by atoms with Gasteiger partial charge in [-0.05, 0) is 0 Å². The summed E-state index contributed by atoms with van der Waals surface area (Å²) >= 11 is 1.40. The van der Waals surface area contributed by atoms with Crippen LogP contribution in [0.3, 0.4) is 0 Å². The third kappa shape index (κ3) is 3.33. The molecule has 0 N–H and O–H groups in total. The number of hydrogen-bond donors (Lipinski definition) is 0. The molecule has 0 amide bonds. The standard InChI is InChI=1S/C8H9NO3S/c1-12-8(11)5-6(10)4-7-9-2-3-13-7/h2-3H,4-5H2,1H3. The van der Waals surface area contributed by atoms with Gasteiger partial charge in [-0.1, -0.05) is 0 Å². The zero-order valence-electron chi connectivity index (χ0n) is 7.15. The van der Waals surface area contributed by atoms with Crippen molar-refractivity contribution in [2.75, 3.05) is 7.11 Å². The number of thiazole rings is 1. The number of ketones is 1. The number of hydrogen-bond acceptors (Lipinski definition) is 5.